The molecule has 6 nitrogen and oxygen atoms in total. The van der Waals surface area contributed by atoms with Crippen molar-refractivity contribution < 1.29 is 14.6 Å². The Balaban J connectivity index is 2.10. The third-order valence-corrected chi connectivity index (χ3v) is 4.95. The summed E-state index contributed by atoms with van der Waals surface area (Å²) in [6.07, 6.45) is 0.336. The van der Waals surface area contributed by atoms with Crippen molar-refractivity contribution in [3.63, 3.8) is 0 Å². The standard InChI is InChI=1S/C18H18N2O4S/c1-24-10-8-15-19-17-13(18(23)20(15)9-7-16(21)22)11-14(25-17)12-5-3-2-4-6-12/h2-6,11H,7-10H2,1H3,(H,21,22). The van der Waals surface area contributed by atoms with Gasteiger partial charge in [-0.3, -0.25) is 14.2 Å². The first kappa shape index (κ1) is 17.3. The minimum absolute atomic E-state index is 0.104. The number of carboxylic acids is 1. The smallest absolute Gasteiger partial charge is 0.305 e. The van der Waals surface area contributed by atoms with Crippen LogP contribution in [0.1, 0.15) is 12.2 Å². The Bertz CT molecular complexity index is 947. The predicted molar refractivity (Wildman–Crippen MR) is 97.1 cm³/mol. The second-order valence-electron chi connectivity index (χ2n) is 5.57. The summed E-state index contributed by atoms with van der Waals surface area (Å²) in [6.45, 7) is 0.522. The molecule has 1 aromatic carbocycles. The van der Waals surface area contributed by atoms with E-state index in [9.17, 15) is 9.59 Å². The van der Waals surface area contributed by atoms with Gasteiger partial charge in [0.1, 0.15) is 10.7 Å². The molecule has 2 heterocycles. The molecule has 0 fully saturated rings. The van der Waals surface area contributed by atoms with Gasteiger partial charge in [0.15, 0.2) is 0 Å². The third-order valence-electron chi connectivity index (χ3n) is 3.87. The van der Waals surface area contributed by atoms with Crippen molar-refractivity contribution in [3.05, 3.63) is 52.6 Å². The predicted octanol–water partition coefficient (Wildman–Crippen LogP) is 2.79. The molecule has 0 spiro atoms. The zero-order valence-corrected chi connectivity index (χ0v) is 14.6. The second-order valence-corrected chi connectivity index (χ2v) is 6.60. The molecule has 7 heteroatoms. The Morgan fingerprint density at radius 3 is 2.76 bits per heavy atom. The Kier molecular flexibility index (Phi) is 5.25. The molecule has 3 aromatic rings. The Hall–Kier alpha value is -2.51. The topological polar surface area (TPSA) is 81.4 Å². The van der Waals surface area contributed by atoms with E-state index in [0.29, 0.717) is 29.1 Å². The van der Waals surface area contributed by atoms with E-state index >= 15 is 0 Å². The van der Waals surface area contributed by atoms with Crippen molar-refractivity contribution in [2.45, 2.75) is 19.4 Å². The van der Waals surface area contributed by atoms with Crippen molar-refractivity contribution in [1.29, 1.82) is 0 Å². The average molecular weight is 358 g/mol. The van der Waals surface area contributed by atoms with Crippen LogP contribution in [0.2, 0.25) is 0 Å². The quantitative estimate of drug-likeness (QED) is 0.702. The third kappa shape index (κ3) is 3.78. The molecule has 0 aliphatic heterocycles. The van der Waals surface area contributed by atoms with Crippen molar-refractivity contribution in [1.82, 2.24) is 9.55 Å². The average Bonchev–Trinajstić information content (AvgIpc) is 3.04. The van der Waals surface area contributed by atoms with E-state index in [-0.39, 0.29) is 18.5 Å². The van der Waals surface area contributed by atoms with Crippen LogP contribution in [0.3, 0.4) is 0 Å². The number of methoxy groups -OCH3 is 1. The van der Waals surface area contributed by atoms with Crippen molar-refractivity contribution in [2.75, 3.05) is 13.7 Å². The zero-order chi connectivity index (χ0) is 17.8. The molecule has 25 heavy (non-hydrogen) atoms. The van der Waals surface area contributed by atoms with E-state index in [1.807, 2.05) is 36.4 Å². The van der Waals surface area contributed by atoms with Crippen LogP contribution in [0, 0.1) is 0 Å². The lowest BCUT2D eigenvalue weighted by Gasteiger charge is -2.10. The summed E-state index contributed by atoms with van der Waals surface area (Å²) in [4.78, 5) is 30.0. The number of carboxylic acid groups (broad SMARTS) is 1. The molecule has 0 saturated heterocycles. The van der Waals surface area contributed by atoms with Crippen molar-refractivity contribution >= 4 is 27.5 Å². The molecule has 0 unspecified atom stereocenters. The number of hydrogen-bond acceptors (Lipinski definition) is 5. The number of hydrogen-bond donors (Lipinski definition) is 1. The van der Waals surface area contributed by atoms with E-state index in [0.717, 1.165) is 10.4 Å². The highest BCUT2D eigenvalue weighted by Crippen LogP contribution is 2.31. The number of thiophene rings is 1. The van der Waals surface area contributed by atoms with Gasteiger partial charge >= 0.3 is 5.97 Å². The summed E-state index contributed by atoms with van der Waals surface area (Å²) in [5.41, 5.74) is 0.830. The summed E-state index contributed by atoms with van der Waals surface area (Å²) in [5, 5.41) is 9.46. The molecule has 0 aliphatic rings. The van der Waals surface area contributed by atoms with Crippen LogP contribution in [-0.4, -0.2) is 34.3 Å². The van der Waals surface area contributed by atoms with Crippen molar-refractivity contribution in [3.8, 4) is 10.4 Å². The maximum atomic E-state index is 12.9. The number of rotatable bonds is 7. The normalized spacial score (nSPS) is 11.1. The van der Waals surface area contributed by atoms with Crippen molar-refractivity contribution in [2.24, 2.45) is 0 Å². The molecular formula is C18H18N2O4S. The van der Waals surface area contributed by atoms with Gasteiger partial charge < -0.3 is 9.84 Å². The zero-order valence-electron chi connectivity index (χ0n) is 13.8. The Labute approximate surface area is 148 Å². The highest BCUT2D eigenvalue weighted by atomic mass is 32.1. The molecule has 0 bridgehead atoms. The van der Waals surface area contributed by atoms with E-state index < -0.39 is 5.97 Å². The monoisotopic (exact) mass is 358 g/mol. The van der Waals surface area contributed by atoms with E-state index in [1.54, 1.807) is 7.11 Å². The van der Waals surface area contributed by atoms with Crippen LogP contribution in [-0.2, 0) is 22.5 Å². The molecule has 1 N–H and O–H groups in total. The van der Waals surface area contributed by atoms with Crippen LogP contribution in [0.15, 0.2) is 41.2 Å². The van der Waals surface area contributed by atoms with Crippen LogP contribution < -0.4 is 5.56 Å². The first-order chi connectivity index (χ1) is 12.1. The van der Waals surface area contributed by atoms with Gasteiger partial charge in [-0.05, 0) is 11.6 Å². The van der Waals surface area contributed by atoms with Gasteiger partial charge in [0, 0.05) is 25.0 Å². The van der Waals surface area contributed by atoms with E-state index in [1.165, 1.54) is 15.9 Å². The molecule has 2 aromatic heterocycles. The number of fused-ring (bicyclic) bond motifs is 1. The van der Waals surface area contributed by atoms with Crippen LogP contribution in [0.25, 0.3) is 20.7 Å². The van der Waals surface area contributed by atoms with E-state index in [2.05, 4.69) is 4.98 Å². The lowest BCUT2D eigenvalue weighted by atomic mass is 10.2. The molecule has 0 radical (unpaired) electrons. The second kappa shape index (κ2) is 7.58. The van der Waals surface area contributed by atoms with Gasteiger partial charge in [-0.15, -0.1) is 11.3 Å². The summed E-state index contributed by atoms with van der Waals surface area (Å²) >= 11 is 1.46. The fourth-order valence-electron chi connectivity index (χ4n) is 2.62. The van der Waals surface area contributed by atoms with Crippen LogP contribution >= 0.6 is 11.3 Å². The van der Waals surface area contributed by atoms with Gasteiger partial charge in [0.05, 0.1) is 18.4 Å². The highest BCUT2D eigenvalue weighted by Gasteiger charge is 2.15. The lowest BCUT2D eigenvalue weighted by molar-refractivity contribution is -0.137. The summed E-state index contributed by atoms with van der Waals surface area (Å²) < 4.78 is 6.54. The largest absolute Gasteiger partial charge is 0.481 e. The van der Waals surface area contributed by atoms with Gasteiger partial charge in [-0.1, -0.05) is 30.3 Å². The molecule has 0 saturated carbocycles. The number of aliphatic carboxylic acids is 1. The minimum atomic E-state index is -0.944. The molecule has 130 valence electrons. The molecule has 0 amide bonds. The Morgan fingerprint density at radius 1 is 1.32 bits per heavy atom. The molecule has 0 atom stereocenters. The number of nitrogens with zero attached hydrogens (tertiary/aromatic N) is 2. The SMILES string of the molecule is COCCc1nc2sc(-c3ccccc3)cc2c(=O)n1CCC(=O)O. The maximum absolute atomic E-state index is 12.9. The highest BCUT2D eigenvalue weighted by molar-refractivity contribution is 7.21. The molecular weight excluding hydrogens is 340 g/mol. The number of benzene rings is 1. The van der Waals surface area contributed by atoms with Crippen LogP contribution in [0.4, 0.5) is 0 Å². The van der Waals surface area contributed by atoms with E-state index in [4.69, 9.17) is 9.84 Å². The molecule has 0 aliphatic carbocycles. The minimum Gasteiger partial charge on any atom is -0.481 e. The summed E-state index contributed by atoms with van der Waals surface area (Å²) in [6, 6.07) is 11.6. The van der Waals surface area contributed by atoms with Gasteiger partial charge in [0.2, 0.25) is 0 Å². The van der Waals surface area contributed by atoms with Gasteiger partial charge in [-0.25, -0.2) is 4.98 Å². The number of carbonyl (C=O) groups is 1. The molecule has 3 rings (SSSR count). The first-order valence-electron chi connectivity index (χ1n) is 7.89. The van der Waals surface area contributed by atoms with Gasteiger partial charge in [-0.2, -0.15) is 0 Å². The summed E-state index contributed by atoms with van der Waals surface area (Å²) in [7, 11) is 1.58. The summed E-state index contributed by atoms with van der Waals surface area (Å²) in [5.74, 6) is -0.387. The fourth-order valence-corrected chi connectivity index (χ4v) is 3.67. The number of aromatic nitrogens is 2. The van der Waals surface area contributed by atoms with Crippen LogP contribution in [0.5, 0.6) is 0 Å². The van der Waals surface area contributed by atoms with Gasteiger partial charge in [0.25, 0.3) is 5.56 Å². The fraction of sp³-hybridized carbons (Fsp3) is 0.278. The number of ether oxygens (including phenoxy) is 1. The first-order valence-corrected chi connectivity index (χ1v) is 8.71. The Morgan fingerprint density at radius 2 is 2.08 bits per heavy atom. The maximum Gasteiger partial charge on any atom is 0.305 e. The lowest BCUT2D eigenvalue weighted by Crippen LogP contribution is -2.26.